The standard InChI is InChI=1S/C29H33ClN2O3/c1-21(2)18-31-29(34)26(17-23-12-5-4-6-13-23)32(19-24-14-8-7-11-22(24)3)28(33)20-35-27-16-10-9-15-25(27)30/h4-16,21,26H,17-20H2,1-3H3,(H,31,34)/t26-/m0/s1. The number of amides is 2. The van der Waals surface area contributed by atoms with Crippen LogP contribution in [0.2, 0.25) is 5.02 Å². The fourth-order valence-electron chi connectivity index (χ4n) is 3.73. The van der Waals surface area contributed by atoms with Crippen molar-refractivity contribution in [3.63, 3.8) is 0 Å². The maximum absolute atomic E-state index is 13.6. The Morgan fingerprint density at radius 1 is 0.943 bits per heavy atom. The molecule has 0 unspecified atom stereocenters. The summed E-state index contributed by atoms with van der Waals surface area (Å²) in [6.45, 7) is 6.69. The lowest BCUT2D eigenvalue weighted by atomic mass is 10.0. The monoisotopic (exact) mass is 492 g/mol. The Balaban J connectivity index is 1.92. The first-order chi connectivity index (χ1) is 16.8. The minimum Gasteiger partial charge on any atom is -0.482 e. The minimum atomic E-state index is -0.696. The molecule has 0 fully saturated rings. The Bertz CT molecular complexity index is 1120. The highest BCUT2D eigenvalue weighted by molar-refractivity contribution is 6.32. The molecule has 35 heavy (non-hydrogen) atoms. The molecule has 3 rings (SSSR count). The number of carbonyl (C=O) groups excluding carboxylic acids is 2. The first-order valence-corrected chi connectivity index (χ1v) is 12.3. The van der Waals surface area contributed by atoms with Gasteiger partial charge < -0.3 is 15.0 Å². The van der Waals surface area contributed by atoms with Crippen molar-refractivity contribution < 1.29 is 14.3 Å². The zero-order valence-corrected chi connectivity index (χ0v) is 21.3. The van der Waals surface area contributed by atoms with Crippen molar-refractivity contribution in [3.8, 4) is 5.75 Å². The number of hydrogen-bond donors (Lipinski definition) is 1. The number of carbonyl (C=O) groups is 2. The van der Waals surface area contributed by atoms with Crippen molar-refractivity contribution in [2.45, 2.75) is 39.8 Å². The van der Waals surface area contributed by atoms with E-state index in [1.165, 1.54) is 0 Å². The van der Waals surface area contributed by atoms with E-state index in [4.69, 9.17) is 16.3 Å². The Hall–Kier alpha value is -3.31. The van der Waals surface area contributed by atoms with Crippen LogP contribution in [0.4, 0.5) is 0 Å². The molecule has 0 heterocycles. The summed E-state index contributed by atoms with van der Waals surface area (Å²) in [4.78, 5) is 28.7. The molecule has 0 aliphatic carbocycles. The molecule has 0 aliphatic heterocycles. The second-order valence-electron chi connectivity index (χ2n) is 9.01. The molecule has 0 aromatic heterocycles. The highest BCUT2D eigenvalue weighted by Gasteiger charge is 2.31. The predicted molar refractivity (Wildman–Crippen MR) is 140 cm³/mol. The Morgan fingerprint density at radius 2 is 1.60 bits per heavy atom. The Labute approximate surface area is 213 Å². The molecule has 1 N–H and O–H groups in total. The van der Waals surface area contributed by atoms with Crippen molar-refractivity contribution >= 4 is 23.4 Å². The van der Waals surface area contributed by atoms with Crippen LogP contribution < -0.4 is 10.1 Å². The number of aryl methyl sites for hydroxylation is 1. The van der Waals surface area contributed by atoms with Gasteiger partial charge >= 0.3 is 0 Å². The van der Waals surface area contributed by atoms with Crippen molar-refractivity contribution in [1.82, 2.24) is 10.2 Å². The maximum atomic E-state index is 13.6. The van der Waals surface area contributed by atoms with E-state index >= 15 is 0 Å². The van der Waals surface area contributed by atoms with Crippen LogP contribution in [0.3, 0.4) is 0 Å². The van der Waals surface area contributed by atoms with E-state index in [2.05, 4.69) is 5.32 Å². The van der Waals surface area contributed by atoms with Crippen molar-refractivity contribution in [3.05, 3.63) is 101 Å². The number of benzene rings is 3. The van der Waals surface area contributed by atoms with Gasteiger partial charge in [0.1, 0.15) is 11.8 Å². The zero-order valence-electron chi connectivity index (χ0n) is 20.5. The lowest BCUT2D eigenvalue weighted by Gasteiger charge is -2.32. The van der Waals surface area contributed by atoms with Crippen molar-refractivity contribution in [2.75, 3.05) is 13.2 Å². The van der Waals surface area contributed by atoms with Gasteiger partial charge in [-0.25, -0.2) is 0 Å². The third-order valence-corrected chi connectivity index (χ3v) is 6.06. The third kappa shape index (κ3) is 7.86. The lowest BCUT2D eigenvalue weighted by Crippen LogP contribution is -2.52. The minimum absolute atomic E-state index is 0.178. The second-order valence-corrected chi connectivity index (χ2v) is 9.42. The number of halogens is 1. The summed E-state index contributed by atoms with van der Waals surface area (Å²) in [6.07, 6.45) is 0.397. The summed E-state index contributed by atoms with van der Waals surface area (Å²) >= 11 is 6.21. The molecular weight excluding hydrogens is 460 g/mol. The molecule has 0 saturated carbocycles. The first-order valence-electron chi connectivity index (χ1n) is 11.9. The fraction of sp³-hybridized carbons (Fsp3) is 0.310. The van der Waals surface area contributed by atoms with E-state index in [1.54, 1.807) is 29.2 Å². The third-order valence-electron chi connectivity index (χ3n) is 5.75. The van der Waals surface area contributed by atoms with E-state index in [1.807, 2.05) is 75.4 Å². The number of hydrogen-bond acceptors (Lipinski definition) is 3. The predicted octanol–water partition coefficient (Wildman–Crippen LogP) is 5.44. The van der Waals surface area contributed by atoms with Crippen LogP contribution in [0.1, 0.15) is 30.5 Å². The summed E-state index contributed by atoms with van der Waals surface area (Å²) in [7, 11) is 0. The van der Waals surface area contributed by atoms with Gasteiger partial charge in [-0.2, -0.15) is 0 Å². The lowest BCUT2D eigenvalue weighted by molar-refractivity contribution is -0.142. The molecule has 2 amide bonds. The molecule has 0 spiro atoms. The number of rotatable bonds is 11. The zero-order chi connectivity index (χ0) is 25.2. The van der Waals surface area contributed by atoms with Crippen LogP contribution in [0.25, 0.3) is 0 Å². The summed E-state index contributed by atoms with van der Waals surface area (Å²) in [6, 6.07) is 24.0. The normalized spacial score (nSPS) is 11.7. The molecule has 184 valence electrons. The molecule has 3 aromatic carbocycles. The van der Waals surface area contributed by atoms with Gasteiger partial charge in [-0.3, -0.25) is 9.59 Å². The molecule has 0 aliphatic rings. The van der Waals surface area contributed by atoms with Gasteiger partial charge in [0.2, 0.25) is 5.91 Å². The van der Waals surface area contributed by atoms with Crippen LogP contribution >= 0.6 is 11.6 Å². The first kappa shape index (κ1) is 26.3. The summed E-state index contributed by atoms with van der Waals surface area (Å²) in [5, 5.41) is 3.46. The van der Waals surface area contributed by atoms with Crippen molar-refractivity contribution in [1.29, 1.82) is 0 Å². The number of nitrogens with one attached hydrogen (secondary N) is 1. The van der Waals surface area contributed by atoms with Gasteiger partial charge in [-0.1, -0.05) is 92.2 Å². The van der Waals surface area contributed by atoms with Gasteiger partial charge in [0, 0.05) is 19.5 Å². The Morgan fingerprint density at radius 3 is 2.29 bits per heavy atom. The van der Waals surface area contributed by atoms with Gasteiger partial charge in [0.15, 0.2) is 6.61 Å². The maximum Gasteiger partial charge on any atom is 0.261 e. The molecular formula is C29H33ClN2O3. The summed E-state index contributed by atoms with van der Waals surface area (Å²) in [5.41, 5.74) is 3.01. The number of para-hydroxylation sites is 1. The molecule has 0 saturated heterocycles. The fourth-order valence-corrected chi connectivity index (χ4v) is 3.92. The topological polar surface area (TPSA) is 58.6 Å². The van der Waals surface area contributed by atoms with Gasteiger partial charge in [0.25, 0.3) is 5.91 Å². The highest BCUT2D eigenvalue weighted by Crippen LogP contribution is 2.24. The van der Waals surface area contributed by atoms with E-state index in [9.17, 15) is 9.59 Å². The summed E-state index contributed by atoms with van der Waals surface area (Å²) < 4.78 is 5.77. The SMILES string of the molecule is Cc1ccccc1CN(C(=O)COc1ccccc1Cl)[C@@H](Cc1ccccc1)C(=O)NCC(C)C. The van der Waals surface area contributed by atoms with E-state index < -0.39 is 6.04 Å². The summed E-state index contributed by atoms with van der Waals surface area (Å²) in [5.74, 6) is 0.263. The molecule has 5 nitrogen and oxygen atoms in total. The van der Waals surface area contributed by atoms with Crippen LogP contribution in [0, 0.1) is 12.8 Å². The number of nitrogens with zero attached hydrogens (tertiary/aromatic N) is 1. The molecule has 6 heteroatoms. The molecule has 0 bridgehead atoms. The quantitative estimate of drug-likeness (QED) is 0.387. The van der Waals surface area contributed by atoms with Gasteiger partial charge in [0.05, 0.1) is 5.02 Å². The molecule has 1 atom stereocenters. The van der Waals surface area contributed by atoms with Crippen LogP contribution in [0.5, 0.6) is 5.75 Å². The van der Waals surface area contributed by atoms with Gasteiger partial charge in [-0.15, -0.1) is 0 Å². The van der Waals surface area contributed by atoms with Crippen LogP contribution in [-0.2, 0) is 22.6 Å². The average molecular weight is 493 g/mol. The average Bonchev–Trinajstić information content (AvgIpc) is 2.85. The molecule has 0 radical (unpaired) electrons. The van der Waals surface area contributed by atoms with Gasteiger partial charge in [-0.05, 0) is 41.7 Å². The second kappa shape index (κ2) is 13.0. The van der Waals surface area contributed by atoms with Crippen LogP contribution in [0.15, 0.2) is 78.9 Å². The van der Waals surface area contributed by atoms with Crippen molar-refractivity contribution in [2.24, 2.45) is 5.92 Å². The van der Waals surface area contributed by atoms with Crippen LogP contribution in [-0.4, -0.2) is 35.9 Å². The number of ether oxygens (including phenoxy) is 1. The molecule has 3 aromatic rings. The smallest absolute Gasteiger partial charge is 0.261 e. The van der Waals surface area contributed by atoms with E-state index in [-0.39, 0.29) is 18.4 Å². The highest BCUT2D eigenvalue weighted by atomic mass is 35.5. The van der Waals surface area contributed by atoms with E-state index in [0.29, 0.717) is 36.2 Å². The van der Waals surface area contributed by atoms with E-state index in [0.717, 1.165) is 16.7 Å². The Kier molecular flexibility index (Phi) is 9.74. The largest absolute Gasteiger partial charge is 0.482 e.